The lowest BCUT2D eigenvalue weighted by Crippen LogP contribution is -2.32. The van der Waals surface area contributed by atoms with Crippen LogP contribution in [0.2, 0.25) is 0 Å². The fourth-order valence-corrected chi connectivity index (χ4v) is 10.2. The quantitative estimate of drug-likeness (QED) is 0.162. The average molecular weight is 817 g/mol. The molecule has 0 saturated carbocycles. The minimum Gasteiger partial charge on any atom is -0.456 e. The van der Waals surface area contributed by atoms with E-state index in [0.29, 0.717) is 17.5 Å². The topological polar surface area (TPSA) is 60.8 Å². The van der Waals surface area contributed by atoms with Crippen molar-refractivity contribution in [1.82, 2.24) is 19.9 Å². The summed E-state index contributed by atoms with van der Waals surface area (Å²) >= 11 is 0. The number of benzene rings is 9. The highest BCUT2D eigenvalue weighted by molar-refractivity contribution is 6.16. The molecule has 2 aromatic heterocycles. The van der Waals surface area contributed by atoms with Gasteiger partial charge in [0.2, 0.25) is 0 Å². The van der Waals surface area contributed by atoms with E-state index in [9.17, 15) is 0 Å². The summed E-state index contributed by atoms with van der Waals surface area (Å²) in [6.45, 7) is 0. The Bertz CT molecular complexity index is 3600. The first-order valence-electron chi connectivity index (χ1n) is 21.6. The van der Waals surface area contributed by atoms with Gasteiger partial charge in [0.1, 0.15) is 11.5 Å². The zero-order valence-electron chi connectivity index (χ0n) is 34.5. The van der Waals surface area contributed by atoms with Crippen LogP contribution in [0.1, 0.15) is 22.3 Å². The lowest BCUT2D eigenvalue weighted by atomic mass is 9.65. The molecule has 2 aliphatic rings. The van der Waals surface area contributed by atoms with Gasteiger partial charge in [0.05, 0.1) is 16.6 Å². The van der Waals surface area contributed by atoms with Crippen molar-refractivity contribution in [2.45, 2.75) is 5.41 Å². The van der Waals surface area contributed by atoms with Crippen LogP contribution in [0.25, 0.3) is 89.4 Å². The minimum absolute atomic E-state index is 0.572. The van der Waals surface area contributed by atoms with E-state index in [1.807, 2.05) is 42.5 Å². The van der Waals surface area contributed by atoms with E-state index >= 15 is 0 Å². The highest BCUT2D eigenvalue weighted by Gasteiger charge is 2.51. The van der Waals surface area contributed by atoms with Crippen LogP contribution >= 0.6 is 0 Å². The van der Waals surface area contributed by atoms with Crippen LogP contribution in [0.3, 0.4) is 0 Å². The average Bonchev–Trinajstić information content (AvgIpc) is 3.67. The molecule has 13 rings (SSSR count). The van der Waals surface area contributed by atoms with Crippen molar-refractivity contribution in [3.05, 3.63) is 241 Å². The van der Waals surface area contributed by atoms with Gasteiger partial charge in [-0.25, -0.2) is 19.9 Å². The molecule has 0 unspecified atom stereocenters. The molecule has 0 amide bonds. The van der Waals surface area contributed by atoms with Gasteiger partial charge in [0, 0.05) is 49.5 Å². The molecule has 1 aliphatic carbocycles. The third kappa shape index (κ3) is 5.44. The van der Waals surface area contributed by atoms with E-state index in [1.54, 1.807) is 0 Å². The molecule has 0 saturated heterocycles. The molecule has 0 radical (unpaired) electrons. The van der Waals surface area contributed by atoms with Gasteiger partial charge in [-0.3, -0.25) is 0 Å². The number of ether oxygens (including phenoxy) is 1. The second-order valence-corrected chi connectivity index (χ2v) is 16.5. The highest BCUT2D eigenvalue weighted by atomic mass is 16.5. The fourth-order valence-electron chi connectivity index (χ4n) is 10.2. The van der Waals surface area contributed by atoms with Crippen LogP contribution in [0.15, 0.2) is 218 Å². The molecular weight excluding hydrogens is 781 g/mol. The molecule has 9 aromatic carbocycles. The monoisotopic (exact) mass is 816 g/mol. The number of rotatable bonds is 5. The van der Waals surface area contributed by atoms with Crippen LogP contribution in [-0.2, 0) is 5.41 Å². The molecule has 0 bridgehead atoms. The zero-order valence-corrected chi connectivity index (χ0v) is 34.5. The fraction of sp³-hybridized carbons (Fsp3) is 0.0169. The normalized spacial score (nSPS) is 12.9. The summed E-state index contributed by atoms with van der Waals surface area (Å²) in [7, 11) is 0. The number of hydrogen-bond donors (Lipinski definition) is 0. The lowest BCUT2D eigenvalue weighted by Gasteiger charge is -2.40. The van der Waals surface area contributed by atoms with Gasteiger partial charge in [-0.05, 0) is 63.7 Å². The van der Waals surface area contributed by atoms with Crippen molar-refractivity contribution in [3.8, 4) is 79.2 Å². The number of fused-ring (bicyclic) bond motifs is 13. The molecule has 3 heterocycles. The van der Waals surface area contributed by atoms with Crippen LogP contribution < -0.4 is 4.74 Å². The van der Waals surface area contributed by atoms with Crippen molar-refractivity contribution in [2.75, 3.05) is 0 Å². The second-order valence-electron chi connectivity index (χ2n) is 16.5. The first-order chi connectivity index (χ1) is 31.7. The van der Waals surface area contributed by atoms with Crippen LogP contribution in [0, 0.1) is 0 Å². The van der Waals surface area contributed by atoms with Gasteiger partial charge >= 0.3 is 0 Å². The van der Waals surface area contributed by atoms with Crippen LogP contribution in [-0.4, -0.2) is 19.9 Å². The van der Waals surface area contributed by atoms with Crippen LogP contribution in [0.5, 0.6) is 11.5 Å². The van der Waals surface area contributed by atoms with Crippen molar-refractivity contribution in [3.63, 3.8) is 0 Å². The minimum atomic E-state index is -0.617. The Balaban J connectivity index is 1.10. The predicted molar refractivity (Wildman–Crippen MR) is 257 cm³/mol. The number of hydrogen-bond acceptors (Lipinski definition) is 5. The molecule has 1 spiro atoms. The van der Waals surface area contributed by atoms with E-state index in [0.717, 1.165) is 83.4 Å². The summed E-state index contributed by atoms with van der Waals surface area (Å²) in [5.41, 5.74) is 14.3. The summed E-state index contributed by atoms with van der Waals surface area (Å²) in [6, 6.07) is 76.6. The lowest BCUT2D eigenvalue weighted by molar-refractivity contribution is 0.442. The maximum absolute atomic E-state index is 7.28. The summed E-state index contributed by atoms with van der Waals surface area (Å²) in [6.07, 6.45) is 0. The molecule has 0 N–H and O–H groups in total. The van der Waals surface area contributed by atoms with Crippen molar-refractivity contribution in [2.24, 2.45) is 0 Å². The SMILES string of the molecule is c1ccc(-c2cccc(-c3nc(-c4ccccc4)nc(-c4ccc5nc(-c6ccccc6)c6ccc7c(c6c5c4)Oc4ccccc4C74c5ccccc5-c5ccccc54)n3)c2)cc1. The first kappa shape index (κ1) is 36.1. The smallest absolute Gasteiger partial charge is 0.164 e. The maximum Gasteiger partial charge on any atom is 0.164 e. The molecular formula is C59H36N4O. The molecule has 0 fully saturated rings. The standard InChI is InChI=1S/C59H36N4O/c1-4-17-37(18-5-1)40-23-16-24-41(35-40)57-61-56(39-21-8-3-9-22-39)62-58(63-57)42-31-34-51-46(36-42)53-45(54(60-51)38-19-6-2-7-20-38)32-33-50-55(53)64-52-30-15-14-29-49(52)59(50)47-27-12-10-25-43(47)44-26-11-13-28-48(44)59/h1-36H. The number of nitrogens with zero attached hydrogens (tertiary/aromatic N) is 4. The van der Waals surface area contributed by atoms with E-state index in [1.165, 1.54) is 22.3 Å². The van der Waals surface area contributed by atoms with E-state index in [-0.39, 0.29) is 0 Å². The molecule has 0 atom stereocenters. The number of para-hydroxylation sites is 1. The van der Waals surface area contributed by atoms with E-state index in [4.69, 9.17) is 24.7 Å². The maximum atomic E-state index is 7.28. The highest BCUT2D eigenvalue weighted by Crippen LogP contribution is 2.63. The Hall–Kier alpha value is -8.54. The Morgan fingerprint density at radius 1 is 0.328 bits per heavy atom. The van der Waals surface area contributed by atoms with Gasteiger partial charge in [-0.1, -0.05) is 188 Å². The van der Waals surface area contributed by atoms with Gasteiger partial charge in [0.25, 0.3) is 0 Å². The van der Waals surface area contributed by atoms with E-state index < -0.39 is 5.41 Å². The third-order valence-corrected chi connectivity index (χ3v) is 13.0. The molecule has 1 aliphatic heterocycles. The zero-order chi connectivity index (χ0) is 42.2. The second kappa shape index (κ2) is 14.3. The Morgan fingerprint density at radius 3 is 1.55 bits per heavy atom. The van der Waals surface area contributed by atoms with Gasteiger partial charge in [-0.2, -0.15) is 0 Å². The molecule has 5 nitrogen and oxygen atoms in total. The predicted octanol–water partition coefficient (Wildman–Crippen LogP) is 14.4. The van der Waals surface area contributed by atoms with Gasteiger partial charge in [-0.15, -0.1) is 0 Å². The molecule has 11 aromatic rings. The summed E-state index contributed by atoms with van der Waals surface area (Å²) in [5.74, 6) is 3.43. The first-order valence-corrected chi connectivity index (χ1v) is 21.6. The summed E-state index contributed by atoms with van der Waals surface area (Å²) in [5, 5.41) is 2.95. The Labute approximate surface area is 370 Å². The van der Waals surface area contributed by atoms with Gasteiger partial charge in [0.15, 0.2) is 17.5 Å². The Kier molecular flexibility index (Phi) is 8.06. The summed E-state index contributed by atoms with van der Waals surface area (Å²) < 4.78 is 7.28. The van der Waals surface area contributed by atoms with Crippen molar-refractivity contribution in [1.29, 1.82) is 0 Å². The molecule has 64 heavy (non-hydrogen) atoms. The van der Waals surface area contributed by atoms with Crippen LogP contribution in [0.4, 0.5) is 0 Å². The molecule has 5 heteroatoms. The Morgan fingerprint density at radius 2 is 0.859 bits per heavy atom. The third-order valence-electron chi connectivity index (χ3n) is 13.0. The van der Waals surface area contributed by atoms with E-state index in [2.05, 4.69) is 176 Å². The van der Waals surface area contributed by atoms with Gasteiger partial charge < -0.3 is 4.74 Å². The number of pyridine rings is 1. The number of aromatic nitrogens is 4. The molecule has 298 valence electrons. The van der Waals surface area contributed by atoms with Crippen molar-refractivity contribution < 1.29 is 4.74 Å². The summed E-state index contributed by atoms with van der Waals surface area (Å²) in [4.78, 5) is 20.9. The largest absolute Gasteiger partial charge is 0.456 e. The van der Waals surface area contributed by atoms with Crippen molar-refractivity contribution >= 4 is 21.7 Å².